The van der Waals surface area contributed by atoms with Gasteiger partial charge >= 0.3 is 0 Å². The third-order valence-corrected chi connectivity index (χ3v) is 3.92. The van der Waals surface area contributed by atoms with E-state index in [-0.39, 0.29) is 0 Å². The largest absolute Gasteiger partial charge is 0.305 e. The predicted octanol–water partition coefficient (Wildman–Crippen LogP) is 2.68. The second kappa shape index (κ2) is 3.70. The number of amidine groups is 1. The first-order valence-electron chi connectivity index (χ1n) is 3.26. The third kappa shape index (κ3) is 2.21. The molecule has 76 valence electrons. The van der Waals surface area contributed by atoms with Crippen molar-refractivity contribution >= 4 is 63.8 Å². The molecule has 13 heavy (non-hydrogen) atoms. The molecule has 0 bridgehead atoms. The van der Waals surface area contributed by atoms with Crippen molar-refractivity contribution in [3.63, 3.8) is 0 Å². The lowest BCUT2D eigenvalue weighted by Crippen LogP contribution is -2.50. The van der Waals surface area contributed by atoms with E-state index in [1.807, 2.05) is 0 Å². The highest BCUT2D eigenvalue weighted by atomic mass is 35.6. The van der Waals surface area contributed by atoms with Crippen molar-refractivity contribution in [3.8, 4) is 0 Å². The molecule has 0 spiro atoms. The van der Waals surface area contributed by atoms with Gasteiger partial charge in [-0.3, -0.25) is 5.43 Å². The number of nitrogens with zero attached hydrogens (tertiary/aromatic N) is 2. The Bertz CT molecular complexity index is 233. The molecule has 0 aromatic carbocycles. The Hall–Kier alpha value is 0.720. The number of hydrogen-bond donors (Lipinski definition) is 1. The SMILES string of the molecule is CC1=NNCN1C(Cl)(Cl)C(Cl)(Cl)Cl. The first-order valence-corrected chi connectivity index (χ1v) is 5.15. The van der Waals surface area contributed by atoms with Crippen LogP contribution in [0.4, 0.5) is 0 Å². The van der Waals surface area contributed by atoms with Crippen LogP contribution in [0.1, 0.15) is 6.92 Å². The number of rotatable bonds is 1. The van der Waals surface area contributed by atoms with Gasteiger partial charge in [0.05, 0.1) is 0 Å². The quantitative estimate of drug-likeness (QED) is 0.592. The van der Waals surface area contributed by atoms with Gasteiger partial charge in [0.15, 0.2) is 0 Å². The van der Waals surface area contributed by atoms with Crippen molar-refractivity contribution < 1.29 is 0 Å². The van der Waals surface area contributed by atoms with E-state index in [9.17, 15) is 0 Å². The fourth-order valence-electron chi connectivity index (χ4n) is 0.851. The molecule has 0 radical (unpaired) electrons. The highest BCUT2D eigenvalue weighted by Crippen LogP contribution is 2.48. The Morgan fingerprint density at radius 1 is 1.31 bits per heavy atom. The number of alkyl halides is 5. The lowest BCUT2D eigenvalue weighted by Gasteiger charge is -2.36. The number of hydrazone groups is 1. The van der Waals surface area contributed by atoms with Crippen LogP contribution in [0.25, 0.3) is 0 Å². The molecule has 3 nitrogen and oxygen atoms in total. The predicted molar refractivity (Wildman–Crippen MR) is 57.7 cm³/mol. The molecule has 8 heteroatoms. The molecule has 1 rings (SSSR count). The van der Waals surface area contributed by atoms with Crippen molar-refractivity contribution in [2.45, 2.75) is 15.2 Å². The van der Waals surface area contributed by atoms with Crippen molar-refractivity contribution in [2.24, 2.45) is 5.10 Å². The van der Waals surface area contributed by atoms with Crippen LogP contribution in [-0.2, 0) is 0 Å². The fourth-order valence-corrected chi connectivity index (χ4v) is 1.52. The molecule has 1 aliphatic heterocycles. The van der Waals surface area contributed by atoms with Gasteiger partial charge in [-0.25, -0.2) is 0 Å². The lowest BCUT2D eigenvalue weighted by molar-refractivity contribution is 0.360. The minimum atomic E-state index is -1.81. The van der Waals surface area contributed by atoms with E-state index in [1.54, 1.807) is 6.92 Å². The second-order valence-corrected chi connectivity index (χ2v) is 6.01. The van der Waals surface area contributed by atoms with Crippen LogP contribution in [0.15, 0.2) is 5.10 Å². The van der Waals surface area contributed by atoms with Gasteiger partial charge in [-0.05, 0) is 6.92 Å². The van der Waals surface area contributed by atoms with Crippen molar-refractivity contribution in [1.82, 2.24) is 10.3 Å². The van der Waals surface area contributed by atoms with Gasteiger partial charge < -0.3 is 4.90 Å². The van der Waals surface area contributed by atoms with Crippen LogP contribution in [0.5, 0.6) is 0 Å². The van der Waals surface area contributed by atoms with E-state index >= 15 is 0 Å². The van der Waals surface area contributed by atoms with Crippen LogP contribution < -0.4 is 5.43 Å². The summed E-state index contributed by atoms with van der Waals surface area (Å²) in [6.45, 7) is 2.02. The third-order valence-electron chi connectivity index (χ3n) is 1.54. The van der Waals surface area contributed by atoms with Crippen molar-refractivity contribution in [3.05, 3.63) is 0 Å². The molecular weight excluding hydrogens is 279 g/mol. The second-order valence-electron chi connectivity index (χ2n) is 2.44. The Labute approximate surface area is 101 Å². The minimum Gasteiger partial charge on any atom is -0.305 e. The van der Waals surface area contributed by atoms with Gasteiger partial charge in [0.2, 0.25) is 8.25 Å². The zero-order chi connectivity index (χ0) is 10.3. The summed E-state index contributed by atoms with van der Waals surface area (Å²) in [7, 11) is 0. The topological polar surface area (TPSA) is 27.6 Å². The van der Waals surface area contributed by atoms with E-state index in [4.69, 9.17) is 58.0 Å². The number of nitrogens with one attached hydrogen (secondary N) is 1. The molecule has 0 fully saturated rings. The Balaban J connectivity index is 2.87. The summed E-state index contributed by atoms with van der Waals surface area (Å²) in [6, 6.07) is 0. The molecule has 0 aromatic rings. The summed E-state index contributed by atoms with van der Waals surface area (Å²) in [6.07, 6.45) is 0. The molecule has 0 aromatic heterocycles. The molecule has 1 aliphatic rings. The Kier molecular flexibility index (Phi) is 3.36. The molecule has 0 unspecified atom stereocenters. The zero-order valence-corrected chi connectivity index (χ0v) is 10.3. The van der Waals surface area contributed by atoms with E-state index < -0.39 is 8.25 Å². The molecule has 0 saturated heterocycles. The van der Waals surface area contributed by atoms with Crippen LogP contribution in [0, 0.1) is 0 Å². The Morgan fingerprint density at radius 2 is 1.85 bits per heavy atom. The molecule has 0 saturated carbocycles. The maximum Gasteiger partial charge on any atom is 0.241 e. The summed E-state index contributed by atoms with van der Waals surface area (Å²) >= 11 is 28.6. The van der Waals surface area contributed by atoms with Crippen molar-refractivity contribution in [2.75, 3.05) is 6.67 Å². The van der Waals surface area contributed by atoms with Gasteiger partial charge in [-0.2, -0.15) is 5.10 Å². The maximum absolute atomic E-state index is 5.89. The number of hydrogen-bond acceptors (Lipinski definition) is 3. The summed E-state index contributed by atoms with van der Waals surface area (Å²) in [5.74, 6) is 0.566. The summed E-state index contributed by atoms with van der Waals surface area (Å²) < 4.78 is -3.44. The van der Waals surface area contributed by atoms with Gasteiger partial charge in [0.25, 0.3) is 0 Å². The highest BCUT2D eigenvalue weighted by Gasteiger charge is 2.52. The Morgan fingerprint density at radius 3 is 2.15 bits per heavy atom. The van der Waals surface area contributed by atoms with Gasteiger partial charge in [-0.15, -0.1) is 0 Å². The average molecular weight is 285 g/mol. The summed E-state index contributed by atoms with van der Waals surface area (Å²) in [5, 5.41) is 3.85. The lowest BCUT2D eigenvalue weighted by atomic mass is 10.5. The zero-order valence-electron chi connectivity index (χ0n) is 6.49. The van der Waals surface area contributed by atoms with Crippen LogP contribution in [-0.4, -0.2) is 25.7 Å². The van der Waals surface area contributed by atoms with Gasteiger partial charge in [0, 0.05) is 0 Å². The smallest absolute Gasteiger partial charge is 0.241 e. The standard InChI is InChI=1S/C5H6Cl5N3/c1-3-12-11-2-13(3)5(9,10)4(6,7)8/h11H,2H2,1H3. The molecule has 0 amide bonds. The molecule has 1 heterocycles. The van der Waals surface area contributed by atoms with Gasteiger partial charge in [0.1, 0.15) is 12.5 Å². The average Bonchev–Trinajstić information content (AvgIpc) is 2.32. The fraction of sp³-hybridized carbons (Fsp3) is 0.800. The highest BCUT2D eigenvalue weighted by molar-refractivity contribution is 6.75. The molecular formula is C5H6Cl5N3. The normalized spacial score (nSPS) is 18.6. The first-order chi connectivity index (χ1) is 5.77. The number of halogens is 5. The monoisotopic (exact) mass is 283 g/mol. The maximum atomic E-state index is 5.89. The summed E-state index contributed by atoms with van der Waals surface area (Å²) in [5.41, 5.74) is 2.67. The summed E-state index contributed by atoms with van der Waals surface area (Å²) in [4.78, 5) is 1.45. The first kappa shape index (κ1) is 11.8. The van der Waals surface area contributed by atoms with Crippen LogP contribution >= 0.6 is 58.0 Å². The van der Waals surface area contributed by atoms with E-state index in [1.165, 1.54) is 4.90 Å². The van der Waals surface area contributed by atoms with E-state index in [2.05, 4.69) is 10.5 Å². The van der Waals surface area contributed by atoms with E-state index in [0.29, 0.717) is 12.5 Å². The van der Waals surface area contributed by atoms with E-state index in [0.717, 1.165) is 0 Å². The molecule has 0 atom stereocenters. The van der Waals surface area contributed by atoms with Gasteiger partial charge in [-0.1, -0.05) is 58.0 Å². The molecule has 0 aliphatic carbocycles. The van der Waals surface area contributed by atoms with Crippen molar-refractivity contribution in [1.29, 1.82) is 0 Å². The van der Waals surface area contributed by atoms with Crippen LogP contribution in [0.2, 0.25) is 0 Å². The minimum absolute atomic E-state index is 0.312. The van der Waals surface area contributed by atoms with Crippen LogP contribution in [0.3, 0.4) is 0 Å². The molecule has 1 N–H and O–H groups in total.